The summed E-state index contributed by atoms with van der Waals surface area (Å²) in [7, 11) is 0. The molecule has 0 aliphatic carbocycles. The summed E-state index contributed by atoms with van der Waals surface area (Å²) in [6, 6.07) is 8.12. The van der Waals surface area contributed by atoms with Crippen LogP contribution in [0, 0.1) is 5.41 Å². The molecule has 0 unspecified atom stereocenters. The summed E-state index contributed by atoms with van der Waals surface area (Å²) in [5.74, 6) is 0. The van der Waals surface area contributed by atoms with Gasteiger partial charge in [0.05, 0.1) is 6.61 Å². The zero-order valence-corrected chi connectivity index (χ0v) is 11.6. The SMILES string of the molecule is CC(C)(C)C1=CCN(c2ccccc2CO)CC1. The van der Waals surface area contributed by atoms with E-state index in [1.54, 1.807) is 5.57 Å². The topological polar surface area (TPSA) is 23.5 Å². The zero-order valence-electron chi connectivity index (χ0n) is 11.6. The highest BCUT2D eigenvalue weighted by Crippen LogP contribution is 2.32. The third kappa shape index (κ3) is 2.75. The molecule has 0 bridgehead atoms. The fourth-order valence-corrected chi connectivity index (χ4v) is 2.52. The molecule has 1 aliphatic heterocycles. The van der Waals surface area contributed by atoms with Crippen LogP contribution in [0.3, 0.4) is 0 Å². The first-order valence-corrected chi connectivity index (χ1v) is 6.65. The van der Waals surface area contributed by atoms with Crippen molar-refractivity contribution < 1.29 is 5.11 Å². The van der Waals surface area contributed by atoms with Gasteiger partial charge >= 0.3 is 0 Å². The number of nitrogens with zero attached hydrogens (tertiary/aromatic N) is 1. The van der Waals surface area contributed by atoms with E-state index in [0.29, 0.717) is 0 Å². The molecule has 2 nitrogen and oxygen atoms in total. The maximum Gasteiger partial charge on any atom is 0.0702 e. The van der Waals surface area contributed by atoms with Crippen molar-refractivity contribution in [1.82, 2.24) is 0 Å². The van der Waals surface area contributed by atoms with Crippen LogP contribution in [0.5, 0.6) is 0 Å². The Kier molecular flexibility index (Phi) is 3.76. The van der Waals surface area contributed by atoms with Crippen molar-refractivity contribution in [2.45, 2.75) is 33.8 Å². The number of aliphatic hydroxyl groups is 1. The van der Waals surface area contributed by atoms with Gasteiger partial charge in [0.15, 0.2) is 0 Å². The predicted octanol–water partition coefficient (Wildman–Crippen LogP) is 3.36. The van der Waals surface area contributed by atoms with Crippen molar-refractivity contribution in [3.63, 3.8) is 0 Å². The second-order valence-electron chi connectivity index (χ2n) is 5.96. The van der Waals surface area contributed by atoms with Crippen LogP contribution in [-0.2, 0) is 6.61 Å². The molecule has 0 saturated heterocycles. The monoisotopic (exact) mass is 245 g/mol. The van der Waals surface area contributed by atoms with Crippen molar-refractivity contribution in [2.75, 3.05) is 18.0 Å². The molecule has 0 fully saturated rings. The first-order valence-electron chi connectivity index (χ1n) is 6.65. The number of benzene rings is 1. The van der Waals surface area contributed by atoms with Crippen LogP contribution in [0.15, 0.2) is 35.9 Å². The van der Waals surface area contributed by atoms with Gasteiger partial charge in [-0.2, -0.15) is 0 Å². The van der Waals surface area contributed by atoms with Gasteiger partial charge < -0.3 is 10.0 Å². The Morgan fingerprint density at radius 2 is 1.94 bits per heavy atom. The van der Waals surface area contributed by atoms with Gasteiger partial charge in [-0.1, -0.05) is 50.6 Å². The third-order valence-electron chi connectivity index (χ3n) is 3.68. The first kappa shape index (κ1) is 13.2. The molecule has 98 valence electrons. The standard InChI is InChI=1S/C16H23NO/c1-16(2,3)14-8-10-17(11-9-14)15-7-5-4-6-13(15)12-18/h4-8,18H,9-12H2,1-3H3. The molecule has 1 N–H and O–H groups in total. The van der Waals surface area contributed by atoms with E-state index in [2.05, 4.69) is 37.8 Å². The summed E-state index contributed by atoms with van der Waals surface area (Å²) >= 11 is 0. The van der Waals surface area contributed by atoms with E-state index in [1.165, 1.54) is 5.69 Å². The summed E-state index contributed by atoms with van der Waals surface area (Å²) in [5, 5.41) is 9.39. The largest absolute Gasteiger partial charge is 0.392 e. The van der Waals surface area contributed by atoms with E-state index < -0.39 is 0 Å². The number of anilines is 1. The van der Waals surface area contributed by atoms with Gasteiger partial charge in [0.25, 0.3) is 0 Å². The Morgan fingerprint density at radius 1 is 1.22 bits per heavy atom. The van der Waals surface area contributed by atoms with Crippen LogP contribution in [-0.4, -0.2) is 18.2 Å². The van der Waals surface area contributed by atoms with Crippen LogP contribution in [0.4, 0.5) is 5.69 Å². The molecular formula is C16H23NO. The van der Waals surface area contributed by atoms with E-state index in [9.17, 15) is 5.11 Å². The van der Waals surface area contributed by atoms with E-state index >= 15 is 0 Å². The molecule has 1 heterocycles. The van der Waals surface area contributed by atoms with Crippen molar-refractivity contribution >= 4 is 5.69 Å². The Hall–Kier alpha value is -1.28. The van der Waals surface area contributed by atoms with Crippen molar-refractivity contribution in [2.24, 2.45) is 5.41 Å². The molecule has 0 atom stereocenters. The second kappa shape index (κ2) is 5.15. The highest BCUT2D eigenvalue weighted by Gasteiger charge is 2.22. The summed E-state index contributed by atoms with van der Waals surface area (Å²) in [6.45, 7) is 8.93. The number of aliphatic hydroxyl groups excluding tert-OH is 1. The predicted molar refractivity (Wildman–Crippen MR) is 76.7 cm³/mol. The fourth-order valence-electron chi connectivity index (χ4n) is 2.52. The van der Waals surface area contributed by atoms with E-state index in [4.69, 9.17) is 0 Å². The average Bonchev–Trinajstić information content (AvgIpc) is 2.38. The van der Waals surface area contributed by atoms with E-state index in [0.717, 1.165) is 25.1 Å². The van der Waals surface area contributed by atoms with Gasteiger partial charge in [-0.25, -0.2) is 0 Å². The molecule has 0 aromatic heterocycles. The molecule has 0 saturated carbocycles. The minimum atomic E-state index is 0.114. The molecule has 1 aromatic carbocycles. The molecule has 0 spiro atoms. The first-order chi connectivity index (χ1) is 8.52. The van der Waals surface area contributed by atoms with Gasteiger partial charge in [0.1, 0.15) is 0 Å². The smallest absolute Gasteiger partial charge is 0.0702 e. The number of hydrogen-bond acceptors (Lipinski definition) is 2. The highest BCUT2D eigenvalue weighted by atomic mass is 16.3. The zero-order chi connectivity index (χ0) is 13.2. The summed E-state index contributed by atoms with van der Waals surface area (Å²) in [6.07, 6.45) is 3.46. The number of rotatable bonds is 2. The van der Waals surface area contributed by atoms with Crippen LogP contribution in [0.1, 0.15) is 32.8 Å². The lowest BCUT2D eigenvalue weighted by Gasteiger charge is -2.34. The Balaban J connectivity index is 2.17. The van der Waals surface area contributed by atoms with Gasteiger partial charge in [-0.3, -0.25) is 0 Å². The lowest BCUT2D eigenvalue weighted by molar-refractivity contribution is 0.282. The maximum atomic E-state index is 9.39. The summed E-state index contributed by atoms with van der Waals surface area (Å²) < 4.78 is 0. The molecular weight excluding hydrogens is 222 g/mol. The minimum absolute atomic E-state index is 0.114. The van der Waals surface area contributed by atoms with Gasteiger partial charge in [0.2, 0.25) is 0 Å². The summed E-state index contributed by atoms with van der Waals surface area (Å²) in [4.78, 5) is 2.35. The summed E-state index contributed by atoms with van der Waals surface area (Å²) in [5.41, 5.74) is 4.01. The van der Waals surface area contributed by atoms with Crippen LogP contribution in [0.2, 0.25) is 0 Å². The number of para-hydroxylation sites is 1. The van der Waals surface area contributed by atoms with Crippen LogP contribution in [0.25, 0.3) is 0 Å². The van der Waals surface area contributed by atoms with Crippen molar-refractivity contribution in [3.05, 3.63) is 41.5 Å². The molecule has 2 rings (SSSR count). The average molecular weight is 245 g/mol. The molecule has 2 heteroatoms. The number of hydrogen-bond donors (Lipinski definition) is 1. The minimum Gasteiger partial charge on any atom is -0.392 e. The van der Waals surface area contributed by atoms with E-state index in [-0.39, 0.29) is 12.0 Å². The third-order valence-corrected chi connectivity index (χ3v) is 3.68. The van der Waals surface area contributed by atoms with Crippen LogP contribution < -0.4 is 4.90 Å². The Bertz CT molecular complexity index is 443. The van der Waals surface area contributed by atoms with Gasteiger partial charge in [-0.05, 0) is 17.9 Å². The normalized spacial score (nSPS) is 16.7. The van der Waals surface area contributed by atoms with E-state index in [1.807, 2.05) is 18.2 Å². The van der Waals surface area contributed by atoms with Crippen molar-refractivity contribution in [3.8, 4) is 0 Å². The van der Waals surface area contributed by atoms with Crippen LogP contribution >= 0.6 is 0 Å². The molecule has 18 heavy (non-hydrogen) atoms. The van der Waals surface area contributed by atoms with Crippen molar-refractivity contribution in [1.29, 1.82) is 0 Å². The highest BCUT2D eigenvalue weighted by molar-refractivity contribution is 5.54. The van der Waals surface area contributed by atoms with Gasteiger partial charge in [0, 0.05) is 24.3 Å². The Morgan fingerprint density at radius 3 is 2.50 bits per heavy atom. The molecule has 0 radical (unpaired) electrons. The fraction of sp³-hybridized carbons (Fsp3) is 0.500. The lowest BCUT2D eigenvalue weighted by Crippen LogP contribution is -2.31. The quantitative estimate of drug-likeness (QED) is 0.808. The van der Waals surface area contributed by atoms with Gasteiger partial charge in [-0.15, -0.1) is 0 Å². The maximum absolute atomic E-state index is 9.39. The molecule has 1 aromatic rings. The Labute approximate surface area is 110 Å². The second-order valence-corrected chi connectivity index (χ2v) is 5.96. The molecule has 0 amide bonds. The lowest BCUT2D eigenvalue weighted by atomic mass is 9.83. The molecule has 1 aliphatic rings.